The van der Waals surface area contributed by atoms with Gasteiger partial charge >= 0.3 is 12.2 Å². The number of fused-ring (bicyclic) bond motifs is 1. The summed E-state index contributed by atoms with van der Waals surface area (Å²) in [6.45, 7) is 7.66. The fourth-order valence-corrected chi connectivity index (χ4v) is 4.63. The molecule has 3 unspecified atom stereocenters. The average Bonchev–Trinajstić information content (AvgIpc) is 3.30. The number of benzene rings is 1. The quantitative estimate of drug-likeness (QED) is 0.427. The maximum absolute atomic E-state index is 15.2. The SMILES string of the molecule is CC(C)(C)OC(=O)N1CC2OCCN(c3ccc(N4CC(CI)OC4=O)cc3F)C2C1. The van der Waals surface area contributed by atoms with Crippen molar-refractivity contribution in [2.45, 2.75) is 44.6 Å². The Hall–Kier alpha value is -1.82. The summed E-state index contributed by atoms with van der Waals surface area (Å²) in [6.07, 6.45) is -1.24. The first-order valence-electron chi connectivity index (χ1n) is 10.4. The Kier molecular flexibility index (Phi) is 6.21. The number of carbonyl (C=O) groups excluding carboxylic acids is 2. The Balaban J connectivity index is 1.50. The van der Waals surface area contributed by atoms with E-state index < -0.39 is 23.6 Å². The summed E-state index contributed by atoms with van der Waals surface area (Å²) in [5.41, 5.74) is 0.330. The summed E-state index contributed by atoms with van der Waals surface area (Å²) in [5.74, 6) is -0.417. The van der Waals surface area contributed by atoms with E-state index in [-0.39, 0.29) is 18.2 Å². The lowest BCUT2D eigenvalue weighted by molar-refractivity contribution is 0.0162. The lowest BCUT2D eigenvalue weighted by atomic mass is 10.1. The number of rotatable bonds is 3. The van der Waals surface area contributed by atoms with Gasteiger partial charge in [0, 0.05) is 17.5 Å². The van der Waals surface area contributed by atoms with Crippen molar-refractivity contribution < 1.29 is 28.2 Å². The number of amides is 2. The lowest BCUT2D eigenvalue weighted by Crippen LogP contribution is -2.51. The first-order valence-corrected chi connectivity index (χ1v) is 11.9. The molecule has 31 heavy (non-hydrogen) atoms. The van der Waals surface area contributed by atoms with Crippen molar-refractivity contribution in [1.29, 1.82) is 0 Å². The zero-order valence-electron chi connectivity index (χ0n) is 17.8. The molecule has 3 fully saturated rings. The van der Waals surface area contributed by atoms with Crippen LogP contribution in [0.5, 0.6) is 0 Å². The molecule has 0 aliphatic carbocycles. The van der Waals surface area contributed by atoms with E-state index in [9.17, 15) is 9.59 Å². The van der Waals surface area contributed by atoms with E-state index in [0.29, 0.717) is 48.6 Å². The van der Waals surface area contributed by atoms with Crippen molar-refractivity contribution in [1.82, 2.24) is 4.90 Å². The van der Waals surface area contributed by atoms with Crippen molar-refractivity contribution >= 4 is 46.2 Å². The highest BCUT2D eigenvalue weighted by molar-refractivity contribution is 14.1. The van der Waals surface area contributed by atoms with Crippen LogP contribution in [0.2, 0.25) is 0 Å². The Labute approximate surface area is 194 Å². The van der Waals surface area contributed by atoms with Crippen LogP contribution in [-0.2, 0) is 14.2 Å². The van der Waals surface area contributed by atoms with E-state index in [1.54, 1.807) is 17.0 Å². The predicted molar refractivity (Wildman–Crippen MR) is 122 cm³/mol. The number of ether oxygens (including phenoxy) is 3. The smallest absolute Gasteiger partial charge is 0.414 e. The van der Waals surface area contributed by atoms with Crippen molar-refractivity contribution in [3.05, 3.63) is 24.0 Å². The van der Waals surface area contributed by atoms with Gasteiger partial charge in [0.1, 0.15) is 17.5 Å². The van der Waals surface area contributed by atoms with E-state index >= 15 is 4.39 Å². The molecule has 1 aromatic rings. The molecule has 3 saturated heterocycles. The molecule has 0 radical (unpaired) electrons. The van der Waals surface area contributed by atoms with Crippen LogP contribution in [-0.4, -0.2) is 78.2 Å². The van der Waals surface area contributed by atoms with Crippen LogP contribution in [0.3, 0.4) is 0 Å². The molecule has 3 aliphatic rings. The topological polar surface area (TPSA) is 71.6 Å². The van der Waals surface area contributed by atoms with Gasteiger partial charge in [-0.05, 0) is 39.0 Å². The van der Waals surface area contributed by atoms with Gasteiger partial charge in [-0.3, -0.25) is 4.90 Å². The van der Waals surface area contributed by atoms with Crippen LogP contribution >= 0.6 is 22.6 Å². The number of nitrogens with zero attached hydrogens (tertiary/aromatic N) is 3. The van der Waals surface area contributed by atoms with Crippen molar-refractivity contribution in [2.75, 3.05) is 47.0 Å². The molecule has 0 saturated carbocycles. The molecule has 0 N–H and O–H groups in total. The molecule has 2 amide bonds. The molecule has 4 rings (SSSR count). The van der Waals surface area contributed by atoms with E-state index in [4.69, 9.17) is 14.2 Å². The third kappa shape index (κ3) is 4.69. The minimum absolute atomic E-state index is 0.165. The second-order valence-electron chi connectivity index (χ2n) is 8.96. The number of carbonyl (C=O) groups is 2. The number of halogens is 2. The Morgan fingerprint density at radius 3 is 2.71 bits per heavy atom. The van der Waals surface area contributed by atoms with Gasteiger partial charge < -0.3 is 24.0 Å². The normalized spacial score (nSPS) is 26.2. The summed E-state index contributed by atoms with van der Waals surface area (Å²) in [4.78, 5) is 29.6. The summed E-state index contributed by atoms with van der Waals surface area (Å²) in [5, 5.41) is 0. The van der Waals surface area contributed by atoms with Crippen LogP contribution in [0.25, 0.3) is 0 Å². The highest BCUT2D eigenvalue weighted by Gasteiger charge is 2.44. The van der Waals surface area contributed by atoms with Gasteiger partial charge in [-0.1, -0.05) is 22.6 Å². The summed E-state index contributed by atoms with van der Waals surface area (Å²) in [6, 6.07) is 4.63. The van der Waals surface area contributed by atoms with Gasteiger partial charge in [-0.2, -0.15) is 0 Å². The highest BCUT2D eigenvalue weighted by Crippen LogP contribution is 2.33. The number of alkyl halides is 1. The Bertz CT molecular complexity index is 864. The number of anilines is 2. The second-order valence-corrected chi connectivity index (χ2v) is 9.84. The van der Waals surface area contributed by atoms with Gasteiger partial charge in [0.15, 0.2) is 0 Å². The molecular formula is C21H27FIN3O5. The van der Waals surface area contributed by atoms with Crippen LogP contribution in [0.1, 0.15) is 20.8 Å². The molecule has 0 aromatic heterocycles. The minimum Gasteiger partial charge on any atom is -0.444 e. The van der Waals surface area contributed by atoms with Gasteiger partial charge in [-0.25, -0.2) is 14.0 Å². The van der Waals surface area contributed by atoms with E-state index in [2.05, 4.69) is 22.6 Å². The third-order valence-corrected chi connectivity index (χ3v) is 6.53. The monoisotopic (exact) mass is 547 g/mol. The zero-order valence-corrected chi connectivity index (χ0v) is 20.0. The lowest BCUT2D eigenvalue weighted by Gasteiger charge is -2.38. The highest BCUT2D eigenvalue weighted by atomic mass is 127. The average molecular weight is 547 g/mol. The van der Waals surface area contributed by atoms with Crippen LogP contribution in [0.4, 0.5) is 25.4 Å². The molecule has 0 bridgehead atoms. The number of cyclic esters (lactones) is 1. The number of hydrogen-bond donors (Lipinski definition) is 0. The van der Waals surface area contributed by atoms with E-state index in [1.807, 2.05) is 25.7 Å². The number of morpholine rings is 1. The molecule has 170 valence electrons. The molecule has 8 nitrogen and oxygen atoms in total. The molecule has 1 aromatic carbocycles. The predicted octanol–water partition coefficient (Wildman–Crippen LogP) is 3.41. The molecule has 3 heterocycles. The van der Waals surface area contributed by atoms with Gasteiger partial charge in [-0.15, -0.1) is 0 Å². The molecule has 3 atom stereocenters. The molecule has 3 aliphatic heterocycles. The third-order valence-electron chi connectivity index (χ3n) is 5.55. The molecule has 10 heteroatoms. The Morgan fingerprint density at radius 1 is 1.29 bits per heavy atom. The first-order chi connectivity index (χ1) is 14.7. The first kappa shape index (κ1) is 22.4. The number of likely N-dealkylation sites (tertiary alicyclic amines) is 1. The van der Waals surface area contributed by atoms with E-state index in [0.717, 1.165) is 0 Å². The molecular weight excluding hydrogens is 520 g/mol. The summed E-state index contributed by atoms with van der Waals surface area (Å²) in [7, 11) is 0. The van der Waals surface area contributed by atoms with Gasteiger partial charge in [0.05, 0.1) is 43.2 Å². The van der Waals surface area contributed by atoms with Crippen molar-refractivity contribution in [2.24, 2.45) is 0 Å². The van der Waals surface area contributed by atoms with Crippen molar-refractivity contribution in [3.8, 4) is 0 Å². The van der Waals surface area contributed by atoms with Gasteiger partial charge in [0.25, 0.3) is 0 Å². The van der Waals surface area contributed by atoms with Crippen LogP contribution in [0, 0.1) is 5.82 Å². The summed E-state index contributed by atoms with van der Waals surface area (Å²) >= 11 is 2.16. The maximum Gasteiger partial charge on any atom is 0.414 e. The zero-order chi connectivity index (χ0) is 22.3. The number of hydrogen-bond acceptors (Lipinski definition) is 6. The van der Waals surface area contributed by atoms with Crippen LogP contribution < -0.4 is 9.80 Å². The summed E-state index contributed by atoms with van der Waals surface area (Å²) < 4.78 is 32.5. The standard InChI is InChI=1S/C21H27FIN3O5/c1-21(2,3)31-19(27)24-11-17-18(12-24)29-7-6-25(17)16-5-4-13(8-15(16)22)26-10-14(9-23)30-20(26)28/h4-5,8,14,17-18H,6-7,9-12H2,1-3H3. The van der Waals surface area contributed by atoms with E-state index in [1.165, 1.54) is 11.0 Å². The van der Waals surface area contributed by atoms with Gasteiger partial charge in [0.2, 0.25) is 0 Å². The maximum atomic E-state index is 15.2. The largest absolute Gasteiger partial charge is 0.444 e. The van der Waals surface area contributed by atoms with Crippen LogP contribution in [0.15, 0.2) is 18.2 Å². The minimum atomic E-state index is -0.583. The Morgan fingerprint density at radius 2 is 2.06 bits per heavy atom. The fraction of sp³-hybridized carbons (Fsp3) is 0.619. The fourth-order valence-electron chi connectivity index (χ4n) is 4.17. The second kappa shape index (κ2) is 8.61. The molecule has 0 spiro atoms. The van der Waals surface area contributed by atoms with Crippen molar-refractivity contribution in [3.63, 3.8) is 0 Å².